The molecule has 1 N–H and O–H groups in total. The summed E-state index contributed by atoms with van der Waals surface area (Å²) in [4.78, 5) is 38.2. The van der Waals surface area contributed by atoms with E-state index in [1.165, 1.54) is 36.1 Å². The number of fused-ring (bicyclic) bond motifs is 1. The van der Waals surface area contributed by atoms with Gasteiger partial charge in [-0.1, -0.05) is 30.3 Å². The zero-order chi connectivity index (χ0) is 23.6. The number of furan rings is 1. The van der Waals surface area contributed by atoms with Gasteiger partial charge in [-0.05, 0) is 49.9 Å². The third-order valence-corrected chi connectivity index (χ3v) is 7.32. The van der Waals surface area contributed by atoms with E-state index < -0.39 is 21.7 Å². The molecule has 0 radical (unpaired) electrons. The summed E-state index contributed by atoms with van der Waals surface area (Å²) in [7, 11) is -3.70. The molecule has 1 aliphatic heterocycles. The first-order valence-corrected chi connectivity index (χ1v) is 12.2. The van der Waals surface area contributed by atoms with Crippen molar-refractivity contribution >= 4 is 38.5 Å². The van der Waals surface area contributed by atoms with Crippen LogP contribution in [0.15, 0.2) is 63.9 Å². The van der Waals surface area contributed by atoms with E-state index in [-0.39, 0.29) is 28.9 Å². The van der Waals surface area contributed by atoms with Gasteiger partial charge in [-0.2, -0.15) is 0 Å². The number of carbonyl (C=O) groups excluding carboxylic acids is 3. The average molecular weight is 469 g/mol. The fraction of sp³-hybridized carbons (Fsp3) is 0.292. The van der Waals surface area contributed by atoms with Gasteiger partial charge in [0.2, 0.25) is 10.0 Å². The van der Waals surface area contributed by atoms with Gasteiger partial charge in [0.25, 0.3) is 11.7 Å². The Morgan fingerprint density at radius 2 is 1.70 bits per heavy atom. The Hall–Kier alpha value is -3.30. The molecule has 1 saturated heterocycles. The average Bonchev–Trinajstić information content (AvgIpc) is 3.26. The molecule has 1 amide bonds. The molecule has 0 bridgehead atoms. The highest BCUT2D eigenvalue weighted by atomic mass is 32.2. The monoisotopic (exact) mass is 468 g/mol. The van der Waals surface area contributed by atoms with Gasteiger partial charge in [0.1, 0.15) is 5.58 Å². The minimum atomic E-state index is -3.70. The SMILES string of the molecule is CC(=O)c1ccc(S(=O)(=O)NCC2CCN(C(=O)C(=O)c3cc4ccccc4o3)CC2)cc1. The molecule has 0 saturated carbocycles. The van der Waals surface area contributed by atoms with E-state index in [4.69, 9.17) is 4.42 Å². The van der Waals surface area contributed by atoms with E-state index in [2.05, 4.69) is 4.72 Å². The van der Waals surface area contributed by atoms with Crippen LogP contribution in [0.2, 0.25) is 0 Å². The van der Waals surface area contributed by atoms with Gasteiger partial charge in [-0.25, -0.2) is 13.1 Å². The fourth-order valence-corrected chi connectivity index (χ4v) is 4.98. The van der Waals surface area contributed by atoms with Crippen molar-refractivity contribution in [3.05, 3.63) is 65.9 Å². The molecule has 0 spiro atoms. The molecule has 0 aliphatic carbocycles. The molecule has 0 atom stereocenters. The lowest BCUT2D eigenvalue weighted by molar-refractivity contribution is -0.127. The Morgan fingerprint density at radius 3 is 2.33 bits per heavy atom. The standard InChI is InChI=1S/C24H24N2O6S/c1-16(27)18-6-8-20(9-7-18)33(30,31)25-15-17-10-12-26(13-11-17)24(29)23(28)22-14-19-4-2-3-5-21(19)32-22/h2-9,14,17,25H,10-13,15H2,1H3. The number of sulfonamides is 1. The second-order valence-corrected chi connectivity index (χ2v) is 9.91. The van der Waals surface area contributed by atoms with Gasteiger partial charge in [-0.15, -0.1) is 0 Å². The van der Waals surface area contributed by atoms with E-state index in [9.17, 15) is 22.8 Å². The number of ketones is 2. The number of Topliss-reactive ketones (excluding diaryl/α,β-unsaturated/α-hetero) is 2. The Labute approximate surface area is 191 Å². The van der Waals surface area contributed by atoms with Crippen molar-refractivity contribution in [2.75, 3.05) is 19.6 Å². The van der Waals surface area contributed by atoms with Crippen molar-refractivity contribution in [1.82, 2.24) is 9.62 Å². The van der Waals surface area contributed by atoms with E-state index in [0.717, 1.165) is 5.39 Å². The quantitative estimate of drug-likeness (QED) is 0.421. The van der Waals surface area contributed by atoms with Crippen LogP contribution in [0.1, 0.15) is 40.7 Å². The first-order valence-electron chi connectivity index (χ1n) is 10.7. The van der Waals surface area contributed by atoms with Gasteiger partial charge >= 0.3 is 0 Å². The summed E-state index contributed by atoms with van der Waals surface area (Å²) in [5.41, 5.74) is 0.999. The number of carbonyl (C=O) groups is 3. The molecule has 8 nitrogen and oxygen atoms in total. The first-order chi connectivity index (χ1) is 15.7. The predicted molar refractivity (Wildman–Crippen MR) is 121 cm³/mol. The summed E-state index contributed by atoms with van der Waals surface area (Å²) in [5.74, 6) is -1.36. The number of nitrogens with zero attached hydrogens (tertiary/aromatic N) is 1. The number of para-hydroxylation sites is 1. The molecule has 3 aromatic rings. The minimum Gasteiger partial charge on any atom is -0.452 e. The number of hydrogen-bond acceptors (Lipinski definition) is 6. The van der Waals surface area contributed by atoms with Crippen LogP contribution in [0, 0.1) is 5.92 Å². The van der Waals surface area contributed by atoms with Crippen molar-refractivity contribution in [1.29, 1.82) is 0 Å². The molecular formula is C24H24N2O6S. The van der Waals surface area contributed by atoms with Gasteiger partial charge < -0.3 is 9.32 Å². The van der Waals surface area contributed by atoms with Gasteiger partial charge in [0.05, 0.1) is 4.90 Å². The lowest BCUT2D eigenvalue weighted by atomic mass is 9.97. The van der Waals surface area contributed by atoms with E-state index in [0.29, 0.717) is 37.1 Å². The molecular weight excluding hydrogens is 444 g/mol. The predicted octanol–water partition coefficient (Wildman–Crippen LogP) is 3.04. The smallest absolute Gasteiger partial charge is 0.298 e. The van der Waals surface area contributed by atoms with Crippen LogP contribution in [0.4, 0.5) is 0 Å². The first kappa shape index (κ1) is 22.9. The van der Waals surface area contributed by atoms with E-state index in [1.807, 2.05) is 12.1 Å². The van der Waals surface area contributed by atoms with Crippen LogP contribution < -0.4 is 4.72 Å². The highest BCUT2D eigenvalue weighted by Crippen LogP contribution is 2.22. The molecule has 172 valence electrons. The zero-order valence-electron chi connectivity index (χ0n) is 18.1. The number of nitrogens with one attached hydrogen (secondary N) is 1. The maximum Gasteiger partial charge on any atom is 0.298 e. The maximum absolute atomic E-state index is 12.6. The van der Waals surface area contributed by atoms with Crippen molar-refractivity contribution in [3.63, 3.8) is 0 Å². The Morgan fingerprint density at radius 1 is 1.03 bits per heavy atom. The zero-order valence-corrected chi connectivity index (χ0v) is 18.9. The molecule has 2 heterocycles. The largest absolute Gasteiger partial charge is 0.452 e. The highest BCUT2D eigenvalue weighted by Gasteiger charge is 2.30. The minimum absolute atomic E-state index is 0.0203. The van der Waals surface area contributed by atoms with Crippen LogP contribution in [0.25, 0.3) is 11.0 Å². The molecule has 9 heteroatoms. The van der Waals surface area contributed by atoms with Crippen molar-refractivity contribution in [3.8, 4) is 0 Å². The highest BCUT2D eigenvalue weighted by molar-refractivity contribution is 7.89. The summed E-state index contributed by atoms with van der Waals surface area (Å²) in [6.07, 6.45) is 1.15. The molecule has 1 aliphatic rings. The Bertz CT molecular complexity index is 1270. The fourth-order valence-electron chi connectivity index (χ4n) is 3.86. The molecule has 2 aromatic carbocycles. The summed E-state index contributed by atoms with van der Waals surface area (Å²) < 4.78 is 33.2. The van der Waals surface area contributed by atoms with Crippen LogP contribution in [0.5, 0.6) is 0 Å². The van der Waals surface area contributed by atoms with Crippen LogP contribution in [0.3, 0.4) is 0 Å². The second kappa shape index (κ2) is 9.29. The Balaban J connectivity index is 1.30. The number of likely N-dealkylation sites (tertiary alicyclic amines) is 1. The lowest BCUT2D eigenvalue weighted by Crippen LogP contribution is -2.44. The van der Waals surface area contributed by atoms with Gasteiger partial charge in [0.15, 0.2) is 11.5 Å². The van der Waals surface area contributed by atoms with Crippen LogP contribution >= 0.6 is 0 Å². The number of benzene rings is 2. The van der Waals surface area contributed by atoms with E-state index in [1.54, 1.807) is 18.2 Å². The van der Waals surface area contributed by atoms with Gasteiger partial charge in [-0.3, -0.25) is 14.4 Å². The van der Waals surface area contributed by atoms with Crippen molar-refractivity contribution in [2.24, 2.45) is 5.92 Å². The Kier molecular flexibility index (Phi) is 6.44. The normalized spacial score (nSPS) is 15.0. The molecule has 1 fully saturated rings. The second-order valence-electron chi connectivity index (χ2n) is 8.15. The van der Waals surface area contributed by atoms with Crippen LogP contribution in [-0.4, -0.2) is 50.4 Å². The molecule has 0 unspecified atom stereocenters. The van der Waals surface area contributed by atoms with E-state index >= 15 is 0 Å². The third kappa shape index (κ3) is 5.04. The molecule has 1 aromatic heterocycles. The summed E-state index contributed by atoms with van der Waals surface area (Å²) in [5, 5.41) is 0.760. The van der Waals surface area contributed by atoms with Crippen molar-refractivity contribution in [2.45, 2.75) is 24.7 Å². The van der Waals surface area contributed by atoms with Crippen LogP contribution in [-0.2, 0) is 14.8 Å². The number of piperidine rings is 1. The van der Waals surface area contributed by atoms with Gasteiger partial charge in [0, 0.05) is 30.6 Å². The topological polar surface area (TPSA) is 114 Å². The lowest BCUT2D eigenvalue weighted by Gasteiger charge is -2.31. The third-order valence-electron chi connectivity index (χ3n) is 5.88. The summed E-state index contributed by atoms with van der Waals surface area (Å²) in [6.45, 7) is 2.38. The number of amides is 1. The van der Waals surface area contributed by atoms with Crippen molar-refractivity contribution < 1.29 is 27.2 Å². The summed E-state index contributed by atoms with van der Waals surface area (Å²) >= 11 is 0. The molecule has 33 heavy (non-hydrogen) atoms. The maximum atomic E-state index is 12.6. The number of rotatable bonds is 7. The molecule has 4 rings (SSSR count). The number of hydrogen-bond donors (Lipinski definition) is 1. The summed E-state index contributed by atoms with van der Waals surface area (Å²) in [6, 6.07) is 14.5.